The quantitative estimate of drug-likeness (QED) is 0.164. The molecule has 10 aromatic carbocycles. The molecule has 0 amide bonds. The van der Waals surface area contributed by atoms with Crippen molar-refractivity contribution in [2.75, 3.05) is 0 Å². The van der Waals surface area contributed by atoms with Crippen molar-refractivity contribution in [2.45, 2.75) is 0 Å². The Morgan fingerprint density at radius 1 is 0.271 bits per heavy atom. The Hall–Kier alpha value is -7.95. The summed E-state index contributed by atoms with van der Waals surface area (Å²) in [5.41, 5.74) is 8.96. The van der Waals surface area contributed by atoms with Gasteiger partial charge in [0.05, 0.1) is 0 Å². The third-order valence-electron chi connectivity index (χ3n) is 11.7. The van der Waals surface area contributed by atoms with Gasteiger partial charge in [0, 0.05) is 27.5 Å². The topological polar surface area (TPSA) is 51.8 Å². The minimum absolute atomic E-state index is 0.593. The van der Waals surface area contributed by atoms with Gasteiger partial charge in [-0.25, -0.2) is 15.0 Å². The lowest BCUT2D eigenvalue weighted by Gasteiger charge is -2.11. The van der Waals surface area contributed by atoms with Crippen molar-refractivity contribution in [3.63, 3.8) is 0 Å². The van der Waals surface area contributed by atoms with Crippen LogP contribution >= 0.6 is 0 Å². The minimum Gasteiger partial charge on any atom is -0.456 e. The van der Waals surface area contributed by atoms with E-state index in [2.05, 4.69) is 182 Å². The summed E-state index contributed by atoms with van der Waals surface area (Å²) in [6, 6.07) is 70.6. The number of hydrogen-bond donors (Lipinski definition) is 0. The summed E-state index contributed by atoms with van der Waals surface area (Å²) in [6.07, 6.45) is 0. The van der Waals surface area contributed by atoms with Crippen molar-refractivity contribution in [1.29, 1.82) is 0 Å². The van der Waals surface area contributed by atoms with E-state index < -0.39 is 0 Å². The molecule has 274 valence electrons. The molecule has 4 nitrogen and oxygen atoms in total. The highest BCUT2D eigenvalue weighted by molar-refractivity contribution is 6.13. The zero-order valence-electron chi connectivity index (χ0n) is 31.8. The number of aromatic nitrogens is 3. The fraction of sp³-hybridized carbons (Fsp3) is 0. The average Bonchev–Trinajstić information content (AvgIpc) is 3.69. The van der Waals surface area contributed by atoms with Gasteiger partial charge in [-0.15, -0.1) is 0 Å². The first kappa shape index (κ1) is 33.2. The lowest BCUT2D eigenvalue weighted by atomic mass is 9.98. The van der Waals surface area contributed by atoms with Gasteiger partial charge >= 0.3 is 0 Å². The maximum absolute atomic E-state index is 6.61. The van der Waals surface area contributed by atoms with Crippen LogP contribution in [0.2, 0.25) is 0 Å². The van der Waals surface area contributed by atoms with Gasteiger partial charge in [-0.2, -0.15) is 0 Å². The number of fused-ring (bicyclic) bond motifs is 9. The van der Waals surface area contributed by atoms with E-state index >= 15 is 0 Å². The SMILES string of the molecule is c1ccc(-c2ccc(-c3ccc4c(c3)oc3cccc(-c5nc(-c6ccc7ccc8ccccc8c7c6)nc(-c6ccc7ccc8ccccc8c7c6)n5)c34)cc2)cc1. The maximum Gasteiger partial charge on any atom is 0.164 e. The van der Waals surface area contributed by atoms with Crippen LogP contribution in [0, 0.1) is 0 Å². The Bertz CT molecular complexity index is 3470. The number of hydrogen-bond acceptors (Lipinski definition) is 4. The van der Waals surface area contributed by atoms with Gasteiger partial charge in [0.15, 0.2) is 17.5 Å². The predicted molar refractivity (Wildman–Crippen MR) is 244 cm³/mol. The molecule has 0 radical (unpaired) electrons. The van der Waals surface area contributed by atoms with Crippen molar-refractivity contribution in [3.8, 4) is 56.4 Å². The first-order chi connectivity index (χ1) is 29.2. The van der Waals surface area contributed by atoms with Crippen molar-refractivity contribution in [1.82, 2.24) is 15.0 Å². The zero-order chi connectivity index (χ0) is 38.9. The van der Waals surface area contributed by atoms with E-state index in [4.69, 9.17) is 19.4 Å². The van der Waals surface area contributed by atoms with Crippen LogP contribution in [0.1, 0.15) is 0 Å². The molecule has 0 spiro atoms. The molecule has 0 aliphatic heterocycles. The van der Waals surface area contributed by atoms with Crippen molar-refractivity contribution in [2.24, 2.45) is 0 Å². The fourth-order valence-electron chi connectivity index (χ4n) is 8.71. The van der Waals surface area contributed by atoms with E-state index in [1.807, 2.05) is 18.2 Å². The summed E-state index contributed by atoms with van der Waals surface area (Å²) < 4.78 is 6.61. The molecule has 12 aromatic rings. The average molecular weight is 752 g/mol. The molecule has 0 bridgehead atoms. The van der Waals surface area contributed by atoms with Crippen LogP contribution in [0.4, 0.5) is 0 Å². The smallest absolute Gasteiger partial charge is 0.164 e. The molecule has 0 aliphatic carbocycles. The van der Waals surface area contributed by atoms with Crippen LogP contribution in [0.25, 0.3) is 121 Å². The zero-order valence-corrected chi connectivity index (χ0v) is 31.8. The first-order valence-electron chi connectivity index (χ1n) is 19.9. The molecule has 0 N–H and O–H groups in total. The third kappa shape index (κ3) is 5.65. The first-order valence-corrected chi connectivity index (χ1v) is 19.9. The van der Waals surface area contributed by atoms with Gasteiger partial charge in [0.1, 0.15) is 11.2 Å². The minimum atomic E-state index is 0.593. The van der Waals surface area contributed by atoms with Gasteiger partial charge in [0.25, 0.3) is 0 Å². The molecule has 2 aromatic heterocycles. The van der Waals surface area contributed by atoms with Crippen LogP contribution in [0.3, 0.4) is 0 Å². The van der Waals surface area contributed by atoms with E-state index in [-0.39, 0.29) is 0 Å². The molecular weight excluding hydrogens is 719 g/mol. The lowest BCUT2D eigenvalue weighted by molar-refractivity contribution is 0.669. The van der Waals surface area contributed by atoms with Gasteiger partial charge in [-0.1, -0.05) is 170 Å². The van der Waals surface area contributed by atoms with Crippen LogP contribution in [0.5, 0.6) is 0 Å². The number of furan rings is 1. The van der Waals surface area contributed by atoms with Crippen molar-refractivity contribution in [3.05, 3.63) is 200 Å². The molecule has 4 heteroatoms. The largest absolute Gasteiger partial charge is 0.456 e. The van der Waals surface area contributed by atoms with Crippen LogP contribution < -0.4 is 0 Å². The van der Waals surface area contributed by atoms with E-state index in [0.717, 1.165) is 60.5 Å². The van der Waals surface area contributed by atoms with E-state index in [0.29, 0.717) is 17.5 Å². The highest BCUT2D eigenvalue weighted by Gasteiger charge is 2.19. The van der Waals surface area contributed by atoms with Crippen LogP contribution in [0.15, 0.2) is 205 Å². The summed E-state index contributed by atoms with van der Waals surface area (Å²) in [5, 5.41) is 11.4. The maximum atomic E-state index is 6.61. The normalized spacial score (nSPS) is 11.7. The van der Waals surface area contributed by atoms with Crippen molar-refractivity contribution >= 4 is 65.0 Å². The molecule has 0 aliphatic rings. The Labute approximate surface area is 339 Å². The molecule has 0 atom stereocenters. The summed E-state index contributed by atoms with van der Waals surface area (Å²) in [7, 11) is 0. The predicted octanol–water partition coefficient (Wildman–Crippen LogP) is 14.7. The van der Waals surface area contributed by atoms with Gasteiger partial charge in [0.2, 0.25) is 0 Å². The van der Waals surface area contributed by atoms with E-state index in [1.54, 1.807) is 0 Å². The highest BCUT2D eigenvalue weighted by Crippen LogP contribution is 2.39. The van der Waals surface area contributed by atoms with E-state index in [1.165, 1.54) is 43.4 Å². The molecule has 0 saturated carbocycles. The third-order valence-corrected chi connectivity index (χ3v) is 11.7. The van der Waals surface area contributed by atoms with Gasteiger partial charge in [-0.3, -0.25) is 0 Å². The van der Waals surface area contributed by atoms with Crippen LogP contribution in [-0.2, 0) is 0 Å². The lowest BCUT2D eigenvalue weighted by Crippen LogP contribution is -2.00. The fourth-order valence-corrected chi connectivity index (χ4v) is 8.71. The molecule has 0 fully saturated rings. The molecule has 12 rings (SSSR count). The second-order valence-electron chi connectivity index (χ2n) is 15.2. The number of benzene rings is 10. The van der Waals surface area contributed by atoms with E-state index in [9.17, 15) is 0 Å². The van der Waals surface area contributed by atoms with Crippen molar-refractivity contribution < 1.29 is 4.42 Å². The number of nitrogens with zero attached hydrogens (tertiary/aromatic N) is 3. The Morgan fingerprint density at radius 2 is 0.746 bits per heavy atom. The Kier molecular flexibility index (Phi) is 7.50. The molecule has 59 heavy (non-hydrogen) atoms. The Morgan fingerprint density at radius 3 is 1.37 bits per heavy atom. The van der Waals surface area contributed by atoms with Gasteiger partial charge in [-0.05, 0) is 95.7 Å². The summed E-state index contributed by atoms with van der Waals surface area (Å²) in [6.45, 7) is 0. The molecule has 2 heterocycles. The molecular formula is C55H33N3O. The molecule has 0 saturated heterocycles. The second kappa shape index (κ2) is 13.3. The second-order valence-corrected chi connectivity index (χ2v) is 15.2. The monoisotopic (exact) mass is 751 g/mol. The molecule has 0 unspecified atom stereocenters. The summed E-state index contributed by atoms with van der Waals surface area (Å²) >= 11 is 0. The summed E-state index contributed by atoms with van der Waals surface area (Å²) in [4.78, 5) is 15.8. The van der Waals surface area contributed by atoms with Gasteiger partial charge < -0.3 is 4.42 Å². The highest BCUT2D eigenvalue weighted by atomic mass is 16.3. The number of rotatable bonds is 5. The van der Waals surface area contributed by atoms with Crippen LogP contribution in [-0.4, -0.2) is 15.0 Å². The summed E-state index contributed by atoms with van der Waals surface area (Å²) in [5.74, 6) is 1.82. The Balaban J connectivity index is 1.04. The standard InChI is InChI=1S/C55H33N3O/c1-2-9-34(10-3-1)35-17-19-36(20-18-35)41-29-30-46-51(33-41)59-50-16-8-15-47(52(46)50)55-57-53(42-27-25-39-23-21-37-11-4-6-13-44(37)48(39)31-42)56-54(58-55)43-28-26-40-24-22-38-12-5-7-14-45(38)49(40)32-43/h1-33H.